The quantitative estimate of drug-likeness (QED) is 0.822. The van der Waals surface area contributed by atoms with Crippen LogP contribution in [0.5, 0.6) is 5.75 Å². The summed E-state index contributed by atoms with van der Waals surface area (Å²) in [5, 5.41) is 8.78. The Balaban J connectivity index is 2.17. The number of ether oxygens (including phenoxy) is 1. The molecule has 0 aliphatic carbocycles. The Hall–Kier alpha value is -1.58. The van der Waals surface area contributed by atoms with E-state index in [4.69, 9.17) is 15.7 Å². The van der Waals surface area contributed by atoms with Crippen molar-refractivity contribution in [2.45, 2.75) is 6.61 Å². The second-order valence-electron chi connectivity index (χ2n) is 3.76. The molecule has 6 heteroatoms. The molecule has 4 nitrogen and oxygen atoms in total. The van der Waals surface area contributed by atoms with Crippen LogP contribution in [0.15, 0.2) is 39.4 Å². The average Bonchev–Trinajstić information content (AvgIpc) is 2.37. The molecule has 96 valence electrons. The van der Waals surface area contributed by atoms with Gasteiger partial charge in [0, 0.05) is 11.9 Å². The van der Waals surface area contributed by atoms with Crippen LogP contribution in [0.4, 0.5) is 5.69 Å². The predicted octanol–water partition coefficient (Wildman–Crippen LogP) is 3.64. The number of aromatic nitrogens is 1. The van der Waals surface area contributed by atoms with E-state index in [2.05, 4.69) is 36.8 Å². The predicted molar refractivity (Wildman–Crippen MR) is 79.5 cm³/mol. The second-order valence-corrected chi connectivity index (χ2v) is 5.47. The molecule has 0 fully saturated rings. The van der Waals surface area contributed by atoms with Crippen LogP contribution in [0.2, 0.25) is 0 Å². The maximum Gasteiger partial charge on any atom is 0.148 e. The standard InChI is InChI=1S/C13H9Br2N3O/c14-11-4-9(17)5-12(15)13(11)19-7-8-1-2-18-10(3-8)6-16/h1-5H,7,17H2. The summed E-state index contributed by atoms with van der Waals surface area (Å²) in [5.74, 6) is 0.671. The van der Waals surface area contributed by atoms with Gasteiger partial charge in [-0.25, -0.2) is 4.98 Å². The van der Waals surface area contributed by atoms with Crippen LogP contribution in [0, 0.1) is 11.3 Å². The number of benzene rings is 1. The van der Waals surface area contributed by atoms with Crippen LogP contribution >= 0.6 is 31.9 Å². The molecule has 0 saturated heterocycles. The fraction of sp³-hybridized carbons (Fsp3) is 0.0769. The van der Waals surface area contributed by atoms with E-state index >= 15 is 0 Å². The van der Waals surface area contributed by atoms with E-state index in [0.717, 1.165) is 14.5 Å². The lowest BCUT2D eigenvalue weighted by Gasteiger charge is -2.11. The van der Waals surface area contributed by atoms with Crippen LogP contribution < -0.4 is 10.5 Å². The third-order valence-corrected chi connectivity index (χ3v) is 3.52. The summed E-state index contributed by atoms with van der Waals surface area (Å²) in [5.41, 5.74) is 7.60. The number of hydrogen-bond acceptors (Lipinski definition) is 4. The number of pyridine rings is 1. The van der Waals surface area contributed by atoms with Crippen molar-refractivity contribution in [3.8, 4) is 11.8 Å². The molecule has 0 bridgehead atoms. The van der Waals surface area contributed by atoms with Gasteiger partial charge in [-0.2, -0.15) is 5.26 Å². The van der Waals surface area contributed by atoms with Gasteiger partial charge in [-0.15, -0.1) is 0 Å². The van der Waals surface area contributed by atoms with Crippen molar-refractivity contribution in [2.75, 3.05) is 5.73 Å². The van der Waals surface area contributed by atoms with Crippen molar-refractivity contribution in [3.05, 3.63) is 50.7 Å². The van der Waals surface area contributed by atoms with Gasteiger partial charge in [-0.05, 0) is 61.7 Å². The first-order valence-electron chi connectivity index (χ1n) is 5.32. The van der Waals surface area contributed by atoms with E-state index < -0.39 is 0 Å². The van der Waals surface area contributed by atoms with Gasteiger partial charge >= 0.3 is 0 Å². The third-order valence-electron chi connectivity index (χ3n) is 2.34. The normalized spacial score (nSPS) is 9.95. The van der Waals surface area contributed by atoms with Gasteiger partial charge in [0.15, 0.2) is 0 Å². The smallest absolute Gasteiger partial charge is 0.148 e. The molecule has 1 aromatic carbocycles. The monoisotopic (exact) mass is 381 g/mol. The van der Waals surface area contributed by atoms with Gasteiger partial charge in [0.25, 0.3) is 0 Å². The molecule has 2 rings (SSSR count). The molecule has 0 atom stereocenters. The van der Waals surface area contributed by atoms with E-state index in [1.54, 1.807) is 30.5 Å². The molecule has 0 radical (unpaired) electrons. The van der Waals surface area contributed by atoms with E-state index in [-0.39, 0.29) is 0 Å². The largest absolute Gasteiger partial charge is 0.487 e. The first-order chi connectivity index (χ1) is 9.10. The lowest BCUT2D eigenvalue weighted by molar-refractivity contribution is 0.302. The highest BCUT2D eigenvalue weighted by atomic mass is 79.9. The van der Waals surface area contributed by atoms with Crippen molar-refractivity contribution < 1.29 is 4.74 Å². The Morgan fingerprint density at radius 2 is 1.95 bits per heavy atom. The first-order valence-corrected chi connectivity index (χ1v) is 6.91. The maximum atomic E-state index is 8.78. The minimum atomic E-state index is 0.346. The van der Waals surface area contributed by atoms with Crippen LogP contribution in [0.25, 0.3) is 0 Å². The molecule has 2 N–H and O–H groups in total. The zero-order valence-corrected chi connectivity index (χ0v) is 12.9. The SMILES string of the molecule is N#Cc1cc(COc2c(Br)cc(N)cc2Br)ccn1. The van der Waals surface area contributed by atoms with Crippen LogP contribution in [0.3, 0.4) is 0 Å². The number of nitrogens with two attached hydrogens (primary N) is 1. The summed E-state index contributed by atoms with van der Waals surface area (Å²) < 4.78 is 7.27. The first kappa shape index (κ1) is 13.8. The van der Waals surface area contributed by atoms with E-state index in [9.17, 15) is 0 Å². The highest BCUT2D eigenvalue weighted by molar-refractivity contribution is 9.11. The Morgan fingerprint density at radius 1 is 1.26 bits per heavy atom. The molecule has 0 aliphatic rings. The average molecular weight is 383 g/mol. The second kappa shape index (κ2) is 6.04. The van der Waals surface area contributed by atoms with Crippen molar-refractivity contribution >= 4 is 37.5 Å². The summed E-state index contributed by atoms with van der Waals surface area (Å²) in [6.07, 6.45) is 1.59. The molecule has 0 saturated carbocycles. The van der Waals surface area contributed by atoms with Crippen molar-refractivity contribution in [1.82, 2.24) is 4.98 Å². The lowest BCUT2D eigenvalue weighted by Crippen LogP contribution is -1.99. The van der Waals surface area contributed by atoms with Crippen LogP contribution in [-0.4, -0.2) is 4.98 Å². The number of hydrogen-bond donors (Lipinski definition) is 1. The van der Waals surface area contributed by atoms with Crippen molar-refractivity contribution in [2.24, 2.45) is 0 Å². The molecule has 1 aromatic heterocycles. The topological polar surface area (TPSA) is 71.9 Å². The molecular formula is C13H9Br2N3O. The fourth-order valence-corrected chi connectivity index (χ4v) is 2.95. The van der Waals surface area contributed by atoms with E-state index in [1.807, 2.05) is 6.07 Å². The van der Waals surface area contributed by atoms with Gasteiger partial charge in [-0.3, -0.25) is 0 Å². The maximum absolute atomic E-state index is 8.78. The number of nitriles is 1. The van der Waals surface area contributed by atoms with Gasteiger partial charge in [0.1, 0.15) is 24.1 Å². The molecule has 0 aliphatic heterocycles. The number of halogens is 2. The third kappa shape index (κ3) is 3.46. The molecule has 2 aromatic rings. The van der Waals surface area contributed by atoms with Crippen molar-refractivity contribution in [3.63, 3.8) is 0 Å². The number of nitrogens with zero attached hydrogens (tertiary/aromatic N) is 2. The zero-order chi connectivity index (χ0) is 13.8. The number of nitrogen functional groups attached to an aromatic ring is 1. The van der Waals surface area contributed by atoms with Gasteiger partial charge in [0.05, 0.1) is 8.95 Å². The minimum absolute atomic E-state index is 0.346. The lowest BCUT2D eigenvalue weighted by atomic mass is 10.2. The Bertz CT molecular complexity index is 630. The molecule has 0 unspecified atom stereocenters. The van der Waals surface area contributed by atoms with Gasteiger partial charge in [0.2, 0.25) is 0 Å². The summed E-state index contributed by atoms with van der Waals surface area (Å²) >= 11 is 6.80. The Labute approximate surface area is 127 Å². The molecular weight excluding hydrogens is 374 g/mol. The minimum Gasteiger partial charge on any atom is -0.487 e. The zero-order valence-electron chi connectivity index (χ0n) is 9.73. The van der Waals surface area contributed by atoms with E-state index in [1.165, 1.54) is 0 Å². The highest BCUT2D eigenvalue weighted by Gasteiger charge is 2.08. The number of anilines is 1. The Morgan fingerprint density at radius 3 is 2.58 bits per heavy atom. The van der Waals surface area contributed by atoms with Crippen LogP contribution in [-0.2, 0) is 6.61 Å². The highest BCUT2D eigenvalue weighted by Crippen LogP contribution is 2.36. The van der Waals surface area contributed by atoms with Gasteiger partial charge < -0.3 is 10.5 Å². The number of rotatable bonds is 3. The van der Waals surface area contributed by atoms with Gasteiger partial charge in [-0.1, -0.05) is 0 Å². The summed E-state index contributed by atoms with van der Waals surface area (Å²) in [4.78, 5) is 3.91. The molecule has 0 spiro atoms. The summed E-state index contributed by atoms with van der Waals surface area (Å²) in [6, 6.07) is 9.04. The summed E-state index contributed by atoms with van der Waals surface area (Å²) in [7, 11) is 0. The molecule has 0 amide bonds. The summed E-state index contributed by atoms with van der Waals surface area (Å²) in [6.45, 7) is 0.346. The van der Waals surface area contributed by atoms with E-state index in [0.29, 0.717) is 23.7 Å². The molecule has 1 heterocycles. The Kier molecular flexibility index (Phi) is 4.40. The van der Waals surface area contributed by atoms with Crippen LogP contribution in [0.1, 0.15) is 11.3 Å². The van der Waals surface area contributed by atoms with Crippen molar-refractivity contribution in [1.29, 1.82) is 5.26 Å². The fourth-order valence-electron chi connectivity index (χ4n) is 1.50. The molecule has 19 heavy (non-hydrogen) atoms.